The van der Waals surface area contributed by atoms with Crippen LogP contribution in [0.1, 0.15) is 22.6 Å². The molecule has 0 fully saturated rings. The van der Waals surface area contributed by atoms with Gasteiger partial charge in [-0.3, -0.25) is 0 Å². The van der Waals surface area contributed by atoms with E-state index in [1.807, 2.05) is 12.1 Å². The minimum absolute atomic E-state index is 0.276. The van der Waals surface area contributed by atoms with E-state index in [4.69, 9.17) is 4.74 Å². The Morgan fingerprint density at radius 3 is 2.45 bits per heavy atom. The van der Waals surface area contributed by atoms with Crippen LogP contribution in [0.5, 0.6) is 5.75 Å². The van der Waals surface area contributed by atoms with Gasteiger partial charge in [0.2, 0.25) is 0 Å². The third-order valence-electron chi connectivity index (χ3n) is 5.81. The number of fused-ring (bicyclic) bond motifs is 2. The van der Waals surface area contributed by atoms with Crippen LogP contribution in [0.15, 0.2) is 90.7 Å². The number of ether oxygens (including phenoxy) is 1. The fraction of sp³-hybridized carbons (Fsp3) is 0.138. The molecule has 164 valence electrons. The Balaban J connectivity index is 1.53. The van der Waals surface area contributed by atoms with Gasteiger partial charge in [-0.2, -0.15) is 0 Å². The second-order valence-electron chi connectivity index (χ2n) is 8.22. The van der Waals surface area contributed by atoms with Crippen LogP contribution in [0, 0.1) is 0 Å². The molecule has 0 unspecified atom stereocenters. The van der Waals surface area contributed by atoms with Gasteiger partial charge in [0.25, 0.3) is 0 Å². The molecule has 3 aromatic carbocycles. The van der Waals surface area contributed by atoms with E-state index in [2.05, 4.69) is 115 Å². The van der Waals surface area contributed by atoms with Crippen LogP contribution >= 0.6 is 0 Å². The van der Waals surface area contributed by atoms with Crippen LogP contribution in [-0.2, 0) is 6.54 Å². The van der Waals surface area contributed by atoms with Crippen molar-refractivity contribution in [2.75, 3.05) is 19.0 Å². The number of benzene rings is 3. The first-order valence-corrected chi connectivity index (χ1v) is 12.9. The number of aromatic nitrogens is 1. The first-order chi connectivity index (χ1) is 16.1. The zero-order chi connectivity index (χ0) is 22.8. The minimum atomic E-state index is 0.276. The van der Waals surface area contributed by atoms with Crippen molar-refractivity contribution in [1.29, 1.82) is 0 Å². The van der Waals surface area contributed by atoms with E-state index < -0.39 is 0 Å². The Morgan fingerprint density at radius 2 is 1.67 bits per heavy atom. The summed E-state index contributed by atoms with van der Waals surface area (Å²) in [5.74, 6) is 1.79. The van der Waals surface area contributed by atoms with Crippen LogP contribution in [0.4, 0.5) is 5.69 Å². The van der Waals surface area contributed by atoms with Crippen LogP contribution in [-0.4, -0.2) is 28.6 Å². The molecule has 0 aliphatic carbocycles. The molecule has 1 aliphatic rings. The molecule has 0 spiro atoms. The summed E-state index contributed by atoms with van der Waals surface area (Å²) in [6.07, 6.45) is 8.74. The molecule has 2 heterocycles. The third kappa shape index (κ3) is 4.45. The van der Waals surface area contributed by atoms with Crippen molar-refractivity contribution in [1.82, 2.24) is 0 Å². The van der Waals surface area contributed by atoms with E-state index in [0.29, 0.717) is 0 Å². The summed E-state index contributed by atoms with van der Waals surface area (Å²) in [6.45, 7) is 3.16. The van der Waals surface area contributed by atoms with E-state index in [1.54, 1.807) is 0 Å². The number of hydrogen-bond donors (Lipinski definition) is 0. The molecule has 0 amide bonds. The monoisotopic (exact) mass is 499 g/mol. The normalized spacial score (nSPS) is 14.4. The summed E-state index contributed by atoms with van der Waals surface area (Å²) in [7, 11) is 4.12. The van der Waals surface area contributed by atoms with Crippen molar-refractivity contribution in [3.8, 4) is 5.75 Å². The molecule has 0 atom stereocenters. The van der Waals surface area contributed by atoms with Gasteiger partial charge in [-0.25, -0.2) is 0 Å². The summed E-state index contributed by atoms with van der Waals surface area (Å²) in [5, 5.41) is 0. The third-order valence-corrected chi connectivity index (χ3v) is 8.14. The van der Waals surface area contributed by atoms with Crippen molar-refractivity contribution in [2.45, 2.75) is 13.5 Å². The molecular weight excluding hydrogens is 471 g/mol. The summed E-state index contributed by atoms with van der Waals surface area (Å²) in [5.41, 5.74) is 5.98. The Hall–Kier alpha value is -3.33. The van der Waals surface area contributed by atoms with E-state index in [-0.39, 0.29) is 14.5 Å². The van der Waals surface area contributed by atoms with Gasteiger partial charge in [0, 0.05) is 14.1 Å². The van der Waals surface area contributed by atoms with Gasteiger partial charge in [-0.05, 0) is 0 Å². The summed E-state index contributed by atoms with van der Waals surface area (Å²) < 4.78 is 11.5. The number of aryl methyl sites for hydroxylation is 1. The van der Waals surface area contributed by atoms with Gasteiger partial charge < -0.3 is 0 Å². The van der Waals surface area contributed by atoms with Gasteiger partial charge >= 0.3 is 188 Å². The molecule has 4 aromatic rings. The summed E-state index contributed by atoms with van der Waals surface area (Å²) >= 11 is 0.276. The molecule has 1 aromatic heterocycles. The second-order valence-corrected chi connectivity index (χ2v) is 10.4. The molecular formula is C29H27N2OSe+. The van der Waals surface area contributed by atoms with E-state index in [1.165, 1.54) is 25.6 Å². The molecule has 0 bridgehead atoms. The Labute approximate surface area is 201 Å². The first kappa shape index (κ1) is 21.5. The molecule has 1 aliphatic heterocycles. The van der Waals surface area contributed by atoms with Gasteiger partial charge in [0.1, 0.15) is 0 Å². The van der Waals surface area contributed by atoms with E-state index in [0.717, 1.165) is 29.2 Å². The zero-order valence-corrected chi connectivity index (χ0v) is 20.9. The Morgan fingerprint density at radius 1 is 0.909 bits per heavy atom. The van der Waals surface area contributed by atoms with E-state index >= 15 is 0 Å². The molecule has 0 N–H and O–H groups in total. The summed E-state index contributed by atoms with van der Waals surface area (Å²) in [6, 6.07) is 25.6. The van der Waals surface area contributed by atoms with Gasteiger partial charge in [-0.1, -0.05) is 0 Å². The van der Waals surface area contributed by atoms with Crippen LogP contribution in [0.3, 0.4) is 0 Å². The topological polar surface area (TPSA) is 16.4 Å². The standard InChI is InChI=1S/C29H27N2OSe/c1-4-31-26-10-6-8-12-28(26)33-29(31)20-24-19-22(25-9-5-7-11-27(25)32-24)16-13-21-14-17-23(18-15-21)30(2)3/h5-20H,4H2,1-3H3/q+1. The summed E-state index contributed by atoms with van der Waals surface area (Å²) in [4.78, 5) is 2.11. The van der Waals surface area contributed by atoms with Crippen molar-refractivity contribution < 1.29 is 9.30 Å². The second kappa shape index (κ2) is 9.27. The average molecular weight is 499 g/mol. The fourth-order valence-electron chi connectivity index (χ4n) is 4.07. The Kier molecular flexibility index (Phi) is 6.04. The van der Waals surface area contributed by atoms with Gasteiger partial charge in [0.15, 0.2) is 0 Å². The maximum absolute atomic E-state index is 6.32. The van der Waals surface area contributed by atoms with Gasteiger partial charge in [-0.15, -0.1) is 0 Å². The molecule has 5 rings (SSSR count). The molecule has 3 nitrogen and oxygen atoms in total. The van der Waals surface area contributed by atoms with Crippen LogP contribution in [0.25, 0.3) is 27.5 Å². The fourth-order valence-corrected chi connectivity index (χ4v) is 6.52. The van der Waals surface area contributed by atoms with Gasteiger partial charge in [0.05, 0.1) is 0 Å². The number of para-hydroxylation sites is 2. The molecule has 33 heavy (non-hydrogen) atoms. The molecule has 0 saturated heterocycles. The average Bonchev–Trinajstić information content (AvgIpc) is 3.19. The molecule has 0 saturated carbocycles. The number of nitrogens with zero attached hydrogens (tertiary/aromatic N) is 2. The number of allylic oxidation sites excluding steroid dienone is 3. The Bertz CT molecular complexity index is 1390. The first-order valence-electron chi connectivity index (χ1n) is 11.2. The quantitative estimate of drug-likeness (QED) is 0.256. The number of rotatable bonds is 5. The number of hydrogen-bond acceptors (Lipinski definition) is 2. The molecule has 0 radical (unpaired) electrons. The SMILES string of the molecule is CC[n+]1c(C=C2C=C(C=Cc3ccc(N(C)C)cc3)c3ccccc3O2)[se]c2ccccc21. The molecule has 4 heteroatoms. The number of anilines is 1. The van der Waals surface area contributed by atoms with Crippen molar-refractivity contribution >= 4 is 47.7 Å². The maximum atomic E-state index is 6.32. The predicted octanol–water partition coefficient (Wildman–Crippen LogP) is 5.80. The van der Waals surface area contributed by atoms with Crippen LogP contribution in [0.2, 0.25) is 0 Å². The van der Waals surface area contributed by atoms with E-state index in [9.17, 15) is 0 Å². The zero-order valence-electron chi connectivity index (χ0n) is 19.2. The van der Waals surface area contributed by atoms with Crippen molar-refractivity contribution in [3.05, 3.63) is 106 Å². The predicted molar refractivity (Wildman–Crippen MR) is 140 cm³/mol. The van der Waals surface area contributed by atoms with Crippen LogP contribution < -0.4 is 14.2 Å². The van der Waals surface area contributed by atoms with Crippen molar-refractivity contribution in [2.24, 2.45) is 0 Å². The van der Waals surface area contributed by atoms with Crippen molar-refractivity contribution in [3.63, 3.8) is 0 Å².